The van der Waals surface area contributed by atoms with Gasteiger partial charge >= 0.3 is 6.03 Å². The Hall–Kier alpha value is -0.770. The minimum Gasteiger partial charge on any atom is -0.376 e. The van der Waals surface area contributed by atoms with Gasteiger partial charge in [-0.3, -0.25) is 0 Å². The molecule has 4 nitrogen and oxygen atoms in total. The lowest BCUT2D eigenvalue weighted by molar-refractivity contribution is 0.00214. The van der Waals surface area contributed by atoms with Gasteiger partial charge in [-0.2, -0.15) is 0 Å². The average molecular weight is 214 g/mol. The largest absolute Gasteiger partial charge is 0.376 e. The number of likely N-dealkylation sites (N-methyl/N-ethyl adjacent to an activating group) is 1. The van der Waals surface area contributed by atoms with Gasteiger partial charge in [0.05, 0.1) is 6.10 Å². The Morgan fingerprint density at radius 2 is 2.07 bits per heavy atom. The van der Waals surface area contributed by atoms with E-state index < -0.39 is 0 Å². The summed E-state index contributed by atoms with van der Waals surface area (Å²) >= 11 is 0. The fourth-order valence-corrected chi connectivity index (χ4v) is 1.76. The first-order chi connectivity index (χ1) is 7.15. The molecule has 0 aromatic carbocycles. The number of rotatable bonds is 3. The van der Waals surface area contributed by atoms with Crippen LogP contribution in [0.15, 0.2) is 0 Å². The predicted molar refractivity (Wildman–Crippen MR) is 59.9 cm³/mol. The second kappa shape index (κ2) is 5.95. The molecule has 0 spiro atoms. The van der Waals surface area contributed by atoms with Crippen LogP contribution in [0.1, 0.15) is 26.2 Å². The van der Waals surface area contributed by atoms with Crippen molar-refractivity contribution in [2.24, 2.45) is 0 Å². The molecule has 0 saturated carbocycles. The molecule has 1 heterocycles. The highest BCUT2D eigenvalue weighted by Crippen LogP contribution is 2.13. The van der Waals surface area contributed by atoms with Gasteiger partial charge in [-0.05, 0) is 26.2 Å². The summed E-state index contributed by atoms with van der Waals surface area (Å²) in [5, 5.41) is 0. The normalized spacial score (nSPS) is 21.1. The molecule has 1 aliphatic rings. The molecule has 1 saturated heterocycles. The molecule has 4 heteroatoms. The number of carbonyl (C=O) groups excluding carboxylic acids is 1. The molecule has 0 aromatic rings. The molecule has 1 aliphatic heterocycles. The quantitative estimate of drug-likeness (QED) is 0.714. The molecular formula is C11H22N2O2. The Labute approximate surface area is 92.2 Å². The zero-order valence-corrected chi connectivity index (χ0v) is 10.0. The van der Waals surface area contributed by atoms with Crippen LogP contribution in [0.25, 0.3) is 0 Å². The molecule has 1 unspecified atom stereocenters. The van der Waals surface area contributed by atoms with Crippen molar-refractivity contribution in [3.8, 4) is 0 Å². The molecule has 0 radical (unpaired) electrons. The highest BCUT2D eigenvalue weighted by molar-refractivity contribution is 5.73. The van der Waals surface area contributed by atoms with Gasteiger partial charge in [0.15, 0.2) is 0 Å². The first-order valence-electron chi connectivity index (χ1n) is 5.73. The number of nitrogens with zero attached hydrogens (tertiary/aromatic N) is 2. The maximum absolute atomic E-state index is 11.7. The second-order valence-corrected chi connectivity index (χ2v) is 4.17. The molecular weight excluding hydrogens is 192 g/mol. The number of hydrogen-bond donors (Lipinski definition) is 0. The Balaban J connectivity index is 2.33. The average Bonchev–Trinajstić information content (AvgIpc) is 2.28. The van der Waals surface area contributed by atoms with E-state index in [9.17, 15) is 4.79 Å². The van der Waals surface area contributed by atoms with Gasteiger partial charge in [0, 0.05) is 33.8 Å². The van der Waals surface area contributed by atoms with Gasteiger partial charge in [-0.15, -0.1) is 0 Å². The van der Waals surface area contributed by atoms with Crippen LogP contribution in [-0.4, -0.2) is 55.7 Å². The van der Waals surface area contributed by atoms with Crippen LogP contribution in [-0.2, 0) is 4.74 Å². The maximum Gasteiger partial charge on any atom is 0.319 e. The number of hydrogen-bond acceptors (Lipinski definition) is 2. The van der Waals surface area contributed by atoms with Crippen molar-refractivity contribution in [3.05, 3.63) is 0 Å². The van der Waals surface area contributed by atoms with Gasteiger partial charge in [0.25, 0.3) is 0 Å². The van der Waals surface area contributed by atoms with E-state index in [4.69, 9.17) is 4.74 Å². The SMILES string of the molecule is CCN(C)C(=O)N(C)CC1CCCCO1. The topological polar surface area (TPSA) is 32.8 Å². The molecule has 0 N–H and O–H groups in total. The molecule has 1 atom stereocenters. The highest BCUT2D eigenvalue weighted by Gasteiger charge is 2.19. The van der Waals surface area contributed by atoms with E-state index in [1.54, 1.807) is 9.80 Å². The molecule has 0 bridgehead atoms. The van der Waals surface area contributed by atoms with E-state index in [1.807, 2.05) is 21.0 Å². The Morgan fingerprint density at radius 1 is 1.33 bits per heavy atom. The van der Waals surface area contributed by atoms with Crippen LogP contribution in [0, 0.1) is 0 Å². The number of carbonyl (C=O) groups is 1. The lowest BCUT2D eigenvalue weighted by Crippen LogP contribution is -2.43. The summed E-state index contributed by atoms with van der Waals surface area (Å²) in [5.41, 5.74) is 0. The van der Waals surface area contributed by atoms with Crippen LogP contribution in [0.4, 0.5) is 4.79 Å². The van der Waals surface area contributed by atoms with E-state index in [2.05, 4.69) is 0 Å². The van der Waals surface area contributed by atoms with Crippen LogP contribution < -0.4 is 0 Å². The smallest absolute Gasteiger partial charge is 0.319 e. The van der Waals surface area contributed by atoms with Crippen molar-refractivity contribution in [2.45, 2.75) is 32.3 Å². The molecule has 88 valence electrons. The highest BCUT2D eigenvalue weighted by atomic mass is 16.5. The Morgan fingerprint density at radius 3 is 2.60 bits per heavy atom. The van der Waals surface area contributed by atoms with Gasteiger partial charge in [-0.1, -0.05) is 0 Å². The third-order valence-corrected chi connectivity index (χ3v) is 2.88. The third-order valence-electron chi connectivity index (χ3n) is 2.88. The van der Waals surface area contributed by atoms with Crippen LogP contribution >= 0.6 is 0 Å². The first kappa shape index (κ1) is 12.3. The number of urea groups is 1. The van der Waals surface area contributed by atoms with Crippen molar-refractivity contribution in [1.29, 1.82) is 0 Å². The Kier molecular flexibility index (Phi) is 4.88. The summed E-state index contributed by atoms with van der Waals surface area (Å²) in [6.45, 7) is 4.27. The van der Waals surface area contributed by atoms with Crippen LogP contribution in [0.5, 0.6) is 0 Å². The molecule has 0 aromatic heterocycles. The van der Waals surface area contributed by atoms with E-state index >= 15 is 0 Å². The summed E-state index contributed by atoms with van der Waals surface area (Å²) in [5.74, 6) is 0. The zero-order chi connectivity index (χ0) is 11.3. The second-order valence-electron chi connectivity index (χ2n) is 4.17. The third kappa shape index (κ3) is 3.70. The molecule has 2 amide bonds. The van der Waals surface area contributed by atoms with E-state index in [1.165, 1.54) is 6.42 Å². The van der Waals surface area contributed by atoms with Gasteiger partial charge < -0.3 is 14.5 Å². The fourth-order valence-electron chi connectivity index (χ4n) is 1.76. The zero-order valence-electron chi connectivity index (χ0n) is 10.0. The lowest BCUT2D eigenvalue weighted by Gasteiger charge is -2.29. The minimum atomic E-state index is 0.0756. The summed E-state index contributed by atoms with van der Waals surface area (Å²) in [4.78, 5) is 15.2. The first-order valence-corrected chi connectivity index (χ1v) is 5.73. The van der Waals surface area contributed by atoms with Gasteiger partial charge in [0.2, 0.25) is 0 Å². The van der Waals surface area contributed by atoms with Crippen LogP contribution in [0.2, 0.25) is 0 Å². The van der Waals surface area contributed by atoms with E-state index in [0.29, 0.717) is 6.54 Å². The van der Waals surface area contributed by atoms with E-state index in [0.717, 1.165) is 26.0 Å². The predicted octanol–water partition coefficient (Wildman–Crippen LogP) is 1.56. The standard InChI is InChI=1S/C11H22N2O2/c1-4-12(2)11(14)13(3)9-10-7-5-6-8-15-10/h10H,4-9H2,1-3H3. The molecule has 1 fully saturated rings. The van der Waals surface area contributed by atoms with Crippen molar-refractivity contribution >= 4 is 6.03 Å². The van der Waals surface area contributed by atoms with Gasteiger partial charge in [0.1, 0.15) is 0 Å². The van der Waals surface area contributed by atoms with Crippen molar-refractivity contribution in [2.75, 3.05) is 33.8 Å². The van der Waals surface area contributed by atoms with Crippen LogP contribution in [0.3, 0.4) is 0 Å². The van der Waals surface area contributed by atoms with E-state index in [-0.39, 0.29) is 12.1 Å². The molecule has 15 heavy (non-hydrogen) atoms. The summed E-state index contributed by atoms with van der Waals surface area (Å²) in [7, 11) is 3.66. The van der Waals surface area contributed by atoms with Crippen molar-refractivity contribution < 1.29 is 9.53 Å². The summed E-state index contributed by atoms with van der Waals surface area (Å²) in [6.07, 6.45) is 3.69. The monoisotopic (exact) mass is 214 g/mol. The maximum atomic E-state index is 11.7. The number of amides is 2. The lowest BCUT2D eigenvalue weighted by atomic mass is 10.1. The molecule has 1 rings (SSSR count). The summed E-state index contributed by atoms with van der Waals surface area (Å²) < 4.78 is 5.60. The van der Waals surface area contributed by atoms with Crippen molar-refractivity contribution in [1.82, 2.24) is 9.80 Å². The van der Waals surface area contributed by atoms with Crippen molar-refractivity contribution in [3.63, 3.8) is 0 Å². The van der Waals surface area contributed by atoms with Gasteiger partial charge in [-0.25, -0.2) is 4.79 Å². The Bertz CT molecular complexity index is 203. The fraction of sp³-hybridized carbons (Fsp3) is 0.909. The number of ether oxygens (including phenoxy) is 1. The molecule has 0 aliphatic carbocycles. The summed E-state index contributed by atoms with van der Waals surface area (Å²) in [6, 6.07) is 0.0756. The minimum absolute atomic E-state index is 0.0756.